The molecule has 6 heteroatoms. The average molecular weight is 286 g/mol. The highest BCUT2D eigenvalue weighted by Crippen LogP contribution is 2.46. The number of hydrogen-bond donors (Lipinski definition) is 2. The number of rotatable bonds is 6. The molecule has 18 heavy (non-hydrogen) atoms. The van der Waals surface area contributed by atoms with E-state index in [0.29, 0.717) is 18.0 Å². The zero-order chi connectivity index (χ0) is 13.2. The van der Waals surface area contributed by atoms with Crippen molar-refractivity contribution in [1.29, 1.82) is 0 Å². The third-order valence-corrected chi connectivity index (χ3v) is 6.13. The molecule has 0 amide bonds. The van der Waals surface area contributed by atoms with Crippen LogP contribution < -0.4 is 10.5 Å². The van der Waals surface area contributed by atoms with Crippen molar-refractivity contribution in [1.82, 2.24) is 4.72 Å². The van der Waals surface area contributed by atoms with Crippen molar-refractivity contribution in [2.45, 2.75) is 29.0 Å². The van der Waals surface area contributed by atoms with Gasteiger partial charge in [0, 0.05) is 17.8 Å². The number of sulfonamides is 1. The molecule has 0 bridgehead atoms. The summed E-state index contributed by atoms with van der Waals surface area (Å²) in [4.78, 5) is 0.302. The van der Waals surface area contributed by atoms with Gasteiger partial charge in [-0.3, -0.25) is 0 Å². The fraction of sp³-hybridized carbons (Fsp3) is 0.500. The monoisotopic (exact) mass is 286 g/mol. The SMILES string of the molecule is CSC1(CNS(=O)(=O)c2ccc(CN)cc2)CC1. The summed E-state index contributed by atoms with van der Waals surface area (Å²) in [5.41, 5.74) is 6.41. The molecule has 0 heterocycles. The molecule has 1 aromatic carbocycles. The first-order valence-electron chi connectivity index (χ1n) is 5.85. The van der Waals surface area contributed by atoms with E-state index in [1.54, 1.807) is 36.0 Å². The molecule has 0 spiro atoms. The molecule has 0 saturated heterocycles. The van der Waals surface area contributed by atoms with Gasteiger partial charge in [-0.05, 0) is 36.8 Å². The predicted molar refractivity (Wildman–Crippen MR) is 75.0 cm³/mol. The minimum Gasteiger partial charge on any atom is -0.326 e. The largest absolute Gasteiger partial charge is 0.326 e. The standard InChI is InChI=1S/C12H18N2O2S2/c1-17-12(6-7-12)9-14-18(15,16)11-4-2-10(8-13)3-5-11/h2-5,14H,6-9,13H2,1H3. The van der Waals surface area contributed by atoms with Crippen LogP contribution in [-0.4, -0.2) is 26.0 Å². The molecule has 0 unspecified atom stereocenters. The molecular formula is C12H18N2O2S2. The molecule has 1 saturated carbocycles. The van der Waals surface area contributed by atoms with Crippen LogP contribution in [0.15, 0.2) is 29.2 Å². The molecule has 0 aromatic heterocycles. The second-order valence-corrected chi connectivity index (χ2v) is 7.60. The Morgan fingerprint density at radius 1 is 1.33 bits per heavy atom. The molecule has 2 rings (SSSR count). The highest BCUT2D eigenvalue weighted by atomic mass is 32.2. The van der Waals surface area contributed by atoms with Crippen LogP contribution in [0.25, 0.3) is 0 Å². The first-order chi connectivity index (χ1) is 8.51. The molecule has 0 atom stereocenters. The van der Waals surface area contributed by atoms with Gasteiger partial charge in [0.25, 0.3) is 0 Å². The third-order valence-electron chi connectivity index (χ3n) is 3.29. The van der Waals surface area contributed by atoms with Crippen molar-refractivity contribution in [2.75, 3.05) is 12.8 Å². The first kappa shape index (κ1) is 13.9. The topological polar surface area (TPSA) is 72.2 Å². The maximum absolute atomic E-state index is 12.1. The van der Waals surface area contributed by atoms with Gasteiger partial charge >= 0.3 is 0 Å². The van der Waals surface area contributed by atoms with Crippen LogP contribution in [0, 0.1) is 0 Å². The summed E-state index contributed by atoms with van der Waals surface area (Å²) in [6.07, 6.45) is 4.20. The van der Waals surface area contributed by atoms with Gasteiger partial charge in [-0.1, -0.05) is 12.1 Å². The van der Waals surface area contributed by atoms with Crippen molar-refractivity contribution in [3.63, 3.8) is 0 Å². The van der Waals surface area contributed by atoms with Crippen LogP contribution in [-0.2, 0) is 16.6 Å². The number of hydrogen-bond acceptors (Lipinski definition) is 4. The molecule has 1 fully saturated rings. The van der Waals surface area contributed by atoms with Crippen LogP contribution in [0.3, 0.4) is 0 Å². The molecular weight excluding hydrogens is 268 g/mol. The summed E-state index contributed by atoms with van der Waals surface area (Å²) >= 11 is 1.74. The highest BCUT2D eigenvalue weighted by molar-refractivity contribution is 8.00. The van der Waals surface area contributed by atoms with E-state index in [2.05, 4.69) is 4.72 Å². The lowest BCUT2D eigenvalue weighted by Gasteiger charge is -2.13. The Bertz CT molecular complexity index is 507. The highest BCUT2D eigenvalue weighted by Gasteiger charge is 2.42. The molecule has 1 aromatic rings. The summed E-state index contributed by atoms with van der Waals surface area (Å²) in [6, 6.07) is 6.69. The van der Waals surface area contributed by atoms with Gasteiger partial charge in [-0.15, -0.1) is 0 Å². The summed E-state index contributed by atoms with van der Waals surface area (Å²) in [5.74, 6) is 0. The Kier molecular flexibility index (Phi) is 4.01. The second-order valence-electron chi connectivity index (χ2n) is 4.56. The summed E-state index contributed by atoms with van der Waals surface area (Å²) < 4.78 is 27.0. The van der Waals surface area contributed by atoms with E-state index in [1.807, 2.05) is 6.26 Å². The number of nitrogens with two attached hydrogens (primary N) is 1. The quantitative estimate of drug-likeness (QED) is 0.827. The molecule has 4 nitrogen and oxygen atoms in total. The molecule has 1 aliphatic carbocycles. The summed E-state index contributed by atoms with van der Waals surface area (Å²) in [5, 5.41) is 0. The van der Waals surface area contributed by atoms with Crippen molar-refractivity contribution in [2.24, 2.45) is 5.73 Å². The fourth-order valence-corrected chi connectivity index (χ4v) is 3.65. The van der Waals surface area contributed by atoms with Gasteiger partial charge in [0.05, 0.1) is 4.90 Å². The molecule has 0 radical (unpaired) electrons. The Balaban J connectivity index is 2.05. The summed E-state index contributed by atoms with van der Waals surface area (Å²) in [7, 11) is -3.39. The van der Waals surface area contributed by atoms with E-state index in [-0.39, 0.29) is 4.75 Å². The van der Waals surface area contributed by atoms with E-state index < -0.39 is 10.0 Å². The van der Waals surface area contributed by atoms with Gasteiger partial charge < -0.3 is 5.73 Å². The van der Waals surface area contributed by atoms with Crippen LogP contribution in [0.2, 0.25) is 0 Å². The number of thioether (sulfide) groups is 1. The van der Waals surface area contributed by atoms with Gasteiger partial charge in [0.2, 0.25) is 10.0 Å². The van der Waals surface area contributed by atoms with Crippen molar-refractivity contribution >= 4 is 21.8 Å². The lowest BCUT2D eigenvalue weighted by molar-refractivity contribution is 0.579. The molecule has 1 aliphatic rings. The van der Waals surface area contributed by atoms with E-state index in [1.165, 1.54) is 0 Å². The minimum atomic E-state index is -3.39. The maximum Gasteiger partial charge on any atom is 0.240 e. The maximum atomic E-state index is 12.1. The predicted octanol–water partition coefficient (Wildman–Crippen LogP) is 1.32. The number of benzene rings is 1. The molecule has 0 aliphatic heterocycles. The Labute approximate surface area is 112 Å². The van der Waals surface area contributed by atoms with Crippen LogP contribution in [0.5, 0.6) is 0 Å². The van der Waals surface area contributed by atoms with E-state index >= 15 is 0 Å². The lowest BCUT2D eigenvalue weighted by Crippen LogP contribution is -2.31. The third kappa shape index (κ3) is 3.06. The Morgan fingerprint density at radius 2 is 1.94 bits per heavy atom. The zero-order valence-corrected chi connectivity index (χ0v) is 12.0. The number of nitrogens with one attached hydrogen (secondary N) is 1. The van der Waals surface area contributed by atoms with E-state index in [0.717, 1.165) is 18.4 Å². The van der Waals surface area contributed by atoms with E-state index in [9.17, 15) is 8.42 Å². The van der Waals surface area contributed by atoms with E-state index in [4.69, 9.17) is 5.73 Å². The molecule has 100 valence electrons. The van der Waals surface area contributed by atoms with Gasteiger partial charge in [0.1, 0.15) is 0 Å². The average Bonchev–Trinajstić information content (AvgIpc) is 3.17. The zero-order valence-electron chi connectivity index (χ0n) is 10.3. The van der Waals surface area contributed by atoms with Crippen molar-refractivity contribution < 1.29 is 8.42 Å². The fourth-order valence-electron chi connectivity index (χ4n) is 1.71. The lowest BCUT2D eigenvalue weighted by atomic mass is 10.2. The van der Waals surface area contributed by atoms with Gasteiger partial charge in [0.15, 0.2) is 0 Å². The Hall–Kier alpha value is -0.560. The van der Waals surface area contributed by atoms with Gasteiger partial charge in [-0.2, -0.15) is 11.8 Å². The smallest absolute Gasteiger partial charge is 0.240 e. The van der Waals surface area contributed by atoms with Gasteiger partial charge in [-0.25, -0.2) is 13.1 Å². The Morgan fingerprint density at radius 3 is 2.39 bits per heavy atom. The van der Waals surface area contributed by atoms with Crippen molar-refractivity contribution in [3.05, 3.63) is 29.8 Å². The van der Waals surface area contributed by atoms with Crippen LogP contribution in [0.1, 0.15) is 18.4 Å². The summed E-state index contributed by atoms with van der Waals surface area (Å²) in [6.45, 7) is 0.929. The normalized spacial score (nSPS) is 17.7. The van der Waals surface area contributed by atoms with Crippen molar-refractivity contribution in [3.8, 4) is 0 Å². The van der Waals surface area contributed by atoms with Crippen LogP contribution in [0.4, 0.5) is 0 Å². The van der Waals surface area contributed by atoms with Crippen LogP contribution >= 0.6 is 11.8 Å². The molecule has 3 N–H and O–H groups in total. The first-order valence-corrected chi connectivity index (χ1v) is 8.56. The minimum absolute atomic E-state index is 0.129. The second kappa shape index (κ2) is 5.21.